The van der Waals surface area contributed by atoms with Crippen molar-refractivity contribution in [3.63, 3.8) is 0 Å². The number of allylic oxidation sites excluding steroid dienone is 2. The van der Waals surface area contributed by atoms with Crippen LogP contribution in [0.5, 0.6) is 0 Å². The summed E-state index contributed by atoms with van der Waals surface area (Å²) in [6.45, 7) is 4.95. The molecule has 1 heteroatoms. The number of aliphatic hydroxyl groups is 1. The molecule has 80 valence electrons. The van der Waals surface area contributed by atoms with Crippen LogP contribution in [0, 0.1) is 23.7 Å². The number of hydrogen-bond acceptors (Lipinski definition) is 1. The van der Waals surface area contributed by atoms with E-state index in [2.05, 4.69) is 19.9 Å². The normalized spacial score (nSPS) is 38.9. The summed E-state index contributed by atoms with van der Waals surface area (Å²) in [6, 6.07) is 0. The highest BCUT2D eigenvalue weighted by Gasteiger charge is 2.42. The van der Waals surface area contributed by atoms with Gasteiger partial charge in [0.1, 0.15) is 0 Å². The fraction of sp³-hybridized carbons (Fsp3) is 0.846. The van der Waals surface area contributed by atoms with Gasteiger partial charge < -0.3 is 5.11 Å². The first-order valence-electron chi connectivity index (χ1n) is 6.03. The molecule has 0 amide bonds. The summed E-state index contributed by atoms with van der Waals surface area (Å²) in [7, 11) is 0. The Kier molecular flexibility index (Phi) is 2.96. The molecule has 2 fully saturated rings. The van der Waals surface area contributed by atoms with Crippen molar-refractivity contribution >= 4 is 0 Å². The van der Waals surface area contributed by atoms with Crippen molar-refractivity contribution in [3.05, 3.63) is 11.6 Å². The maximum Gasteiger partial charge on any atom is 0.0465 e. The standard InChI is InChI=1S/C13H22O/c1-9(2)3-5-12-10-4-6-13(12)11(7-10)8-14/h5,9-11,13-14H,3-4,6-8H2,1-2H3/b12-5+. The number of aliphatic hydroxyl groups excluding tert-OH is 1. The molecular weight excluding hydrogens is 172 g/mol. The zero-order valence-corrected chi connectivity index (χ0v) is 9.37. The molecule has 1 nitrogen and oxygen atoms in total. The Morgan fingerprint density at radius 3 is 2.79 bits per heavy atom. The van der Waals surface area contributed by atoms with Gasteiger partial charge in [-0.05, 0) is 49.4 Å². The van der Waals surface area contributed by atoms with E-state index < -0.39 is 0 Å². The molecule has 0 heterocycles. The first-order valence-corrected chi connectivity index (χ1v) is 6.03. The SMILES string of the molecule is CC(C)C/C=C1\C2CCC1C(CO)C2. The molecule has 2 rings (SSSR count). The fourth-order valence-electron chi connectivity index (χ4n) is 3.20. The lowest BCUT2D eigenvalue weighted by molar-refractivity contribution is 0.179. The third-order valence-electron chi connectivity index (χ3n) is 3.94. The van der Waals surface area contributed by atoms with Crippen LogP contribution in [0.3, 0.4) is 0 Å². The van der Waals surface area contributed by atoms with Gasteiger partial charge in [0, 0.05) is 6.61 Å². The Hall–Kier alpha value is -0.300. The van der Waals surface area contributed by atoms with E-state index in [-0.39, 0.29) is 0 Å². The lowest BCUT2D eigenvalue weighted by Crippen LogP contribution is -2.14. The summed E-state index contributed by atoms with van der Waals surface area (Å²) >= 11 is 0. The van der Waals surface area contributed by atoms with Crippen LogP contribution in [0.25, 0.3) is 0 Å². The van der Waals surface area contributed by atoms with E-state index in [0.29, 0.717) is 12.5 Å². The van der Waals surface area contributed by atoms with Crippen molar-refractivity contribution in [1.29, 1.82) is 0 Å². The van der Waals surface area contributed by atoms with E-state index >= 15 is 0 Å². The second kappa shape index (κ2) is 4.06. The first kappa shape index (κ1) is 10.2. The zero-order chi connectivity index (χ0) is 10.1. The maximum absolute atomic E-state index is 9.26. The van der Waals surface area contributed by atoms with Crippen molar-refractivity contribution < 1.29 is 5.11 Å². The summed E-state index contributed by atoms with van der Waals surface area (Å²) in [6.07, 6.45) is 7.67. The second-order valence-corrected chi connectivity index (χ2v) is 5.39. The zero-order valence-electron chi connectivity index (χ0n) is 9.37. The summed E-state index contributed by atoms with van der Waals surface area (Å²) in [5, 5.41) is 9.26. The molecule has 0 saturated heterocycles. The van der Waals surface area contributed by atoms with Crippen molar-refractivity contribution in [2.75, 3.05) is 6.61 Å². The molecular formula is C13H22O. The van der Waals surface area contributed by atoms with E-state index in [1.165, 1.54) is 25.7 Å². The molecule has 2 bridgehead atoms. The van der Waals surface area contributed by atoms with Crippen LogP contribution in [-0.4, -0.2) is 11.7 Å². The van der Waals surface area contributed by atoms with Crippen LogP contribution < -0.4 is 0 Å². The van der Waals surface area contributed by atoms with E-state index in [4.69, 9.17) is 0 Å². The van der Waals surface area contributed by atoms with Crippen molar-refractivity contribution in [1.82, 2.24) is 0 Å². The van der Waals surface area contributed by atoms with Crippen LogP contribution in [0.2, 0.25) is 0 Å². The molecule has 2 aliphatic rings. The van der Waals surface area contributed by atoms with Gasteiger partial charge in [-0.15, -0.1) is 0 Å². The topological polar surface area (TPSA) is 20.2 Å². The molecule has 0 aromatic carbocycles. The predicted octanol–water partition coefficient (Wildman–Crippen LogP) is 3.00. The van der Waals surface area contributed by atoms with Gasteiger partial charge in [0.05, 0.1) is 0 Å². The summed E-state index contributed by atoms with van der Waals surface area (Å²) < 4.78 is 0. The van der Waals surface area contributed by atoms with Gasteiger partial charge in [-0.3, -0.25) is 0 Å². The van der Waals surface area contributed by atoms with Gasteiger partial charge in [0.15, 0.2) is 0 Å². The largest absolute Gasteiger partial charge is 0.396 e. The Labute approximate surface area is 87.2 Å². The predicted molar refractivity (Wildman–Crippen MR) is 58.9 cm³/mol. The minimum absolute atomic E-state index is 0.403. The van der Waals surface area contributed by atoms with E-state index in [1.54, 1.807) is 5.57 Å². The van der Waals surface area contributed by atoms with Crippen LogP contribution in [0.4, 0.5) is 0 Å². The maximum atomic E-state index is 9.26. The van der Waals surface area contributed by atoms with Gasteiger partial charge >= 0.3 is 0 Å². The summed E-state index contributed by atoms with van der Waals surface area (Å²) in [4.78, 5) is 0. The lowest BCUT2D eigenvalue weighted by Gasteiger charge is -2.17. The Bertz CT molecular complexity index is 229. The molecule has 0 aliphatic heterocycles. The Balaban J connectivity index is 2.03. The van der Waals surface area contributed by atoms with E-state index in [1.807, 2.05) is 0 Å². The highest BCUT2D eigenvalue weighted by atomic mass is 16.3. The summed E-state index contributed by atoms with van der Waals surface area (Å²) in [5.74, 6) is 2.93. The van der Waals surface area contributed by atoms with Crippen LogP contribution in [0.15, 0.2) is 11.6 Å². The molecule has 3 atom stereocenters. The highest BCUT2D eigenvalue weighted by molar-refractivity contribution is 5.22. The fourth-order valence-corrected chi connectivity index (χ4v) is 3.20. The Morgan fingerprint density at radius 1 is 1.43 bits per heavy atom. The van der Waals surface area contributed by atoms with E-state index in [0.717, 1.165) is 17.8 Å². The molecule has 2 aliphatic carbocycles. The molecule has 3 unspecified atom stereocenters. The minimum Gasteiger partial charge on any atom is -0.396 e. The van der Waals surface area contributed by atoms with Crippen molar-refractivity contribution in [2.24, 2.45) is 23.7 Å². The number of hydrogen-bond donors (Lipinski definition) is 1. The monoisotopic (exact) mass is 194 g/mol. The van der Waals surface area contributed by atoms with Crippen molar-refractivity contribution in [2.45, 2.75) is 39.5 Å². The number of rotatable bonds is 3. The molecule has 2 saturated carbocycles. The minimum atomic E-state index is 0.403. The lowest BCUT2D eigenvalue weighted by atomic mass is 9.89. The van der Waals surface area contributed by atoms with Crippen molar-refractivity contribution in [3.8, 4) is 0 Å². The molecule has 14 heavy (non-hydrogen) atoms. The molecule has 0 aromatic rings. The summed E-state index contributed by atoms with van der Waals surface area (Å²) in [5.41, 5.74) is 1.69. The van der Waals surface area contributed by atoms with Gasteiger partial charge in [-0.2, -0.15) is 0 Å². The average molecular weight is 194 g/mol. The van der Waals surface area contributed by atoms with Gasteiger partial charge in [-0.25, -0.2) is 0 Å². The van der Waals surface area contributed by atoms with Gasteiger partial charge in [0.2, 0.25) is 0 Å². The highest BCUT2D eigenvalue weighted by Crippen LogP contribution is 2.52. The van der Waals surface area contributed by atoms with Gasteiger partial charge in [0.25, 0.3) is 0 Å². The van der Waals surface area contributed by atoms with Crippen LogP contribution >= 0.6 is 0 Å². The molecule has 1 N–H and O–H groups in total. The Morgan fingerprint density at radius 2 is 2.21 bits per heavy atom. The second-order valence-electron chi connectivity index (χ2n) is 5.39. The number of fused-ring (bicyclic) bond motifs is 2. The van der Waals surface area contributed by atoms with Crippen LogP contribution in [0.1, 0.15) is 39.5 Å². The third-order valence-corrected chi connectivity index (χ3v) is 3.94. The average Bonchev–Trinajstić information content (AvgIpc) is 2.70. The smallest absolute Gasteiger partial charge is 0.0465 e. The third kappa shape index (κ3) is 1.75. The molecule has 0 radical (unpaired) electrons. The van der Waals surface area contributed by atoms with Crippen LogP contribution in [-0.2, 0) is 0 Å². The quantitative estimate of drug-likeness (QED) is 0.685. The van der Waals surface area contributed by atoms with Gasteiger partial charge in [-0.1, -0.05) is 25.5 Å². The van der Waals surface area contributed by atoms with E-state index in [9.17, 15) is 5.11 Å². The first-order chi connectivity index (χ1) is 6.72. The molecule has 0 spiro atoms. The molecule has 0 aromatic heterocycles.